The molecule has 0 fully saturated rings. The largest absolute Gasteiger partial charge is 0.465 e. The van der Waals surface area contributed by atoms with E-state index >= 15 is 0 Å². The van der Waals surface area contributed by atoms with Crippen LogP contribution in [-0.4, -0.2) is 13.1 Å². The van der Waals surface area contributed by atoms with Gasteiger partial charge in [-0.25, -0.2) is 4.79 Å². The number of anilines is 2. The number of carbonyl (C=O) groups excluding carboxylic acids is 1. The molecule has 5 heteroatoms. The maximum Gasteiger partial charge on any atom is 0.340 e. The molecule has 21 heavy (non-hydrogen) atoms. The lowest BCUT2D eigenvalue weighted by atomic mass is 9.93. The first-order valence-electron chi connectivity index (χ1n) is 6.99. The van der Waals surface area contributed by atoms with Gasteiger partial charge < -0.3 is 15.8 Å². The molecule has 1 heterocycles. The molecule has 2 aromatic rings. The fraction of sp³-hybridized carbons (Fsp3) is 0.312. The molecule has 1 aromatic heterocycles. The summed E-state index contributed by atoms with van der Waals surface area (Å²) < 4.78 is 4.84. The summed E-state index contributed by atoms with van der Waals surface area (Å²) in [6.07, 6.45) is 3.37. The Labute approximate surface area is 127 Å². The molecule has 1 aromatic carbocycles. The highest BCUT2D eigenvalue weighted by Gasteiger charge is 2.23. The van der Waals surface area contributed by atoms with Crippen molar-refractivity contribution in [1.29, 1.82) is 0 Å². The number of fused-ring (bicyclic) bond motifs is 1. The zero-order valence-electron chi connectivity index (χ0n) is 11.9. The van der Waals surface area contributed by atoms with Crippen molar-refractivity contribution in [3.8, 4) is 0 Å². The Kier molecular flexibility index (Phi) is 3.84. The Bertz CT molecular complexity index is 666. The summed E-state index contributed by atoms with van der Waals surface area (Å²) in [4.78, 5) is 13.3. The molecular formula is C16H18N2O2S. The van der Waals surface area contributed by atoms with Crippen LogP contribution >= 0.6 is 11.3 Å². The number of rotatable bonds is 3. The molecule has 110 valence electrons. The van der Waals surface area contributed by atoms with Crippen molar-refractivity contribution in [2.75, 3.05) is 18.2 Å². The van der Waals surface area contributed by atoms with Crippen LogP contribution in [0.1, 0.15) is 39.7 Å². The SMILES string of the molecule is COC(=O)c1cc(N)ccc1NC1CCCc2sccc21. The van der Waals surface area contributed by atoms with Gasteiger partial charge >= 0.3 is 5.97 Å². The van der Waals surface area contributed by atoms with Crippen molar-refractivity contribution >= 4 is 28.7 Å². The van der Waals surface area contributed by atoms with Gasteiger partial charge in [-0.15, -0.1) is 11.3 Å². The van der Waals surface area contributed by atoms with Crippen LogP contribution in [0.5, 0.6) is 0 Å². The number of aryl methyl sites for hydroxylation is 1. The molecule has 0 saturated carbocycles. The number of benzene rings is 1. The van der Waals surface area contributed by atoms with E-state index in [9.17, 15) is 4.79 Å². The quantitative estimate of drug-likeness (QED) is 0.671. The molecule has 0 amide bonds. The first-order chi connectivity index (χ1) is 10.2. The number of thiophene rings is 1. The Morgan fingerprint density at radius 3 is 3.10 bits per heavy atom. The van der Waals surface area contributed by atoms with Crippen LogP contribution in [0.4, 0.5) is 11.4 Å². The highest BCUT2D eigenvalue weighted by Crippen LogP contribution is 2.36. The van der Waals surface area contributed by atoms with Gasteiger partial charge in [0.05, 0.1) is 18.7 Å². The van der Waals surface area contributed by atoms with Gasteiger partial charge in [0.2, 0.25) is 0 Å². The normalized spacial score (nSPS) is 17.1. The highest BCUT2D eigenvalue weighted by atomic mass is 32.1. The summed E-state index contributed by atoms with van der Waals surface area (Å²) in [5.41, 5.74) is 8.95. The summed E-state index contributed by atoms with van der Waals surface area (Å²) in [5.74, 6) is -0.369. The molecule has 1 unspecified atom stereocenters. The van der Waals surface area contributed by atoms with Gasteiger partial charge in [0, 0.05) is 16.3 Å². The molecule has 0 bridgehead atoms. The van der Waals surface area contributed by atoms with Gasteiger partial charge in [-0.3, -0.25) is 0 Å². The van der Waals surface area contributed by atoms with Crippen molar-refractivity contribution in [2.45, 2.75) is 25.3 Å². The maximum absolute atomic E-state index is 11.9. The number of carbonyl (C=O) groups is 1. The average molecular weight is 302 g/mol. The predicted molar refractivity (Wildman–Crippen MR) is 85.8 cm³/mol. The van der Waals surface area contributed by atoms with E-state index in [1.807, 2.05) is 6.07 Å². The summed E-state index contributed by atoms with van der Waals surface area (Å²) in [5, 5.41) is 5.62. The monoisotopic (exact) mass is 302 g/mol. The van der Waals surface area contributed by atoms with Crippen molar-refractivity contribution in [1.82, 2.24) is 0 Å². The van der Waals surface area contributed by atoms with Gasteiger partial charge in [0.25, 0.3) is 0 Å². The zero-order valence-corrected chi connectivity index (χ0v) is 12.7. The Balaban J connectivity index is 1.91. The number of esters is 1. The maximum atomic E-state index is 11.9. The number of methoxy groups -OCH3 is 1. The molecule has 3 rings (SSSR count). The van der Waals surface area contributed by atoms with E-state index in [2.05, 4.69) is 16.8 Å². The number of nitrogens with two attached hydrogens (primary N) is 1. The van der Waals surface area contributed by atoms with Crippen LogP contribution in [0.15, 0.2) is 29.6 Å². The topological polar surface area (TPSA) is 64.3 Å². The minimum atomic E-state index is -0.369. The van der Waals surface area contributed by atoms with Crippen molar-refractivity contribution < 1.29 is 9.53 Å². The Morgan fingerprint density at radius 2 is 2.29 bits per heavy atom. The number of ether oxygens (including phenoxy) is 1. The van der Waals surface area contributed by atoms with Crippen LogP contribution in [0.2, 0.25) is 0 Å². The number of nitrogen functional groups attached to an aromatic ring is 1. The predicted octanol–water partition coefficient (Wildman–Crippen LogP) is 3.61. The number of hydrogen-bond donors (Lipinski definition) is 2. The van der Waals surface area contributed by atoms with E-state index in [0.29, 0.717) is 11.3 Å². The Hall–Kier alpha value is -2.01. The molecule has 0 radical (unpaired) electrons. The first-order valence-corrected chi connectivity index (χ1v) is 7.87. The van der Waals surface area contributed by atoms with E-state index in [1.54, 1.807) is 23.5 Å². The smallest absolute Gasteiger partial charge is 0.340 e. The zero-order chi connectivity index (χ0) is 14.8. The van der Waals surface area contributed by atoms with Gasteiger partial charge in [-0.2, -0.15) is 0 Å². The molecule has 0 spiro atoms. The molecule has 1 aliphatic carbocycles. The van der Waals surface area contributed by atoms with Gasteiger partial charge in [-0.1, -0.05) is 0 Å². The van der Waals surface area contributed by atoms with Crippen LogP contribution < -0.4 is 11.1 Å². The lowest BCUT2D eigenvalue weighted by Crippen LogP contribution is -2.18. The molecule has 1 atom stereocenters. The molecule has 0 saturated heterocycles. The van der Waals surface area contributed by atoms with Crippen LogP contribution in [0.25, 0.3) is 0 Å². The number of hydrogen-bond acceptors (Lipinski definition) is 5. The summed E-state index contributed by atoms with van der Waals surface area (Å²) >= 11 is 1.81. The number of nitrogens with one attached hydrogen (secondary N) is 1. The Morgan fingerprint density at radius 1 is 1.43 bits per heavy atom. The van der Waals surface area contributed by atoms with E-state index in [1.165, 1.54) is 17.6 Å². The average Bonchev–Trinajstić information content (AvgIpc) is 2.97. The van der Waals surface area contributed by atoms with Gasteiger partial charge in [-0.05, 0) is 54.5 Å². The van der Waals surface area contributed by atoms with Crippen molar-refractivity contribution in [3.05, 3.63) is 45.6 Å². The van der Waals surface area contributed by atoms with Gasteiger partial charge in [0.15, 0.2) is 0 Å². The van der Waals surface area contributed by atoms with Crippen LogP contribution in [-0.2, 0) is 11.2 Å². The fourth-order valence-electron chi connectivity index (χ4n) is 2.79. The molecule has 4 nitrogen and oxygen atoms in total. The third kappa shape index (κ3) is 2.74. The van der Waals surface area contributed by atoms with Crippen molar-refractivity contribution in [2.24, 2.45) is 0 Å². The minimum absolute atomic E-state index is 0.243. The summed E-state index contributed by atoms with van der Waals surface area (Å²) in [7, 11) is 1.38. The molecule has 3 N–H and O–H groups in total. The second-order valence-electron chi connectivity index (χ2n) is 5.18. The first kappa shape index (κ1) is 13.9. The summed E-state index contributed by atoms with van der Waals surface area (Å²) in [6, 6.07) is 7.72. The van der Waals surface area contributed by atoms with E-state index < -0.39 is 0 Å². The minimum Gasteiger partial charge on any atom is -0.465 e. The van der Waals surface area contributed by atoms with Crippen LogP contribution in [0, 0.1) is 0 Å². The fourth-order valence-corrected chi connectivity index (χ4v) is 3.78. The summed E-state index contributed by atoms with van der Waals surface area (Å²) in [6.45, 7) is 0. The molecule has 0 aliphatic heterocycles. The lowest BCUT2D eigenvalue weighted by molar-refractivity contribution is 0.0602. The second kappa shape index (κ2) is 5.77. The lowest BCUT2D eigenvalue weighted by Gasteiger charge is -2.25. The third-order valence-electron chi connectivity index (χ3n) is 3.83. The highest BCUT2D eigenvalue weighted by molar-refractivity contribution is 7.10. The van der Waals surface area contributed by atoms with E-state index in [-0.39, 0.29) is 12.0 Å². The third-order valence-corrected chi connectivity index (χ3v) is 4.83. The molecule has 1 aliphatic rings. The van der Waals surface area contributed by atoms with Crippen molar-refractivity contribution in [3.63, 3.8) is 0 Å². The second-order valence-corrected chi connectivity index (χ2v) is 6.19. The van der Waals surface area contributed by atoms with Gasteiger partial charge in [0.1, 0.15) is 0 Å². The molecular weight excluding hydrogens is 284 g/mol. The van der Waals surface area contributed by atoms with Crippen LogP contribution in [0.3, 0.4) is 0 Å². The van der Waals surface area contributed by atoms with E-state index in [4.69, 9.17) is 10.5 Å². The van der Waals surface area contributed by atoms with E-state index in [0.717, 1.165) is 24.9 Å². The standard InChI is InChI=1S/C16H18N2O2S/c1-20-16(19)12-9-10(17)5-6-14(12)18-13-3-2-4-15-11(13)7-8-21-15/h5-9,13,18H,2-4,17H2,1H3.